The molecule has 7 nitrogen and oxygen atoms in total. The molecule has 120 valence electrons. The Hall–Kier alpha value is -3.22. The maximum Gasteiger partial charge on any atom is 0.335 e. The molecule has 0 aliphatic rings. The van der Waals surface area contributed by atoms with Gasteiger partial charge in [-0.15, -0.1) is 0 Å². The smallest absolute Gasteiger partial charge is 0.335 e. The van der Waals surface area contributed by atoms with E-state index in [4.69, 9.17) is 14.6 Å². The monoisotopic (exact) mass is 316 g/mol. The lowest BCUT2D eigenvalue weighted by molar-refractivity contribution is 0.0697. The number of ether oxygens (including phenoxy) is 2. The van der Waals surface area contributed by atoms with Crippen molar-refractivity contribution in [3.63, 3.8) is 0 Å². The SMILES string of the molecule is COc1cc(/C=N/Nc2cccc(C(=O)O)c2)cc(OC)c1O. The van der Waals surface area contributed by atoms with Gasteiger partial charge >= 0.3 is 5.97 Å². The Balaban J connectivity index is 2.17. The fourth-order valence-electron chi connectivity index (χ4n) is 1.89. The van der Waals surface area contributed by atoms with E-state index in [1.807, 2.05) is 0 Å². The molecule has 23 heavy (non-hydrogen) atoms. The van der Waals surface area contributed by atoms with Crippen molar-refractivity contribution in [3.05, 3.63) is 47.5 Å². The highest BCUT2D eigenvalue weighted by atomic mass is 16.5. The first-order chi connectivity index (χ1) is 11.0. The number of benzene rings is 2. The Labute approximate surface area is 132 Å². The minimum absolute atomic E-state index is 0.0886. The first-order valence-corrected chi connectivity index (χ1v) is 6.62. The number of aromatic carboxylic acids is 1. The molecule has 0 heterocycles. The molecule has 0 saturated heterocycles. The normalized spacial score (nSPS) is 10.5. The van der Waals surface area contributed by atoms with Gasteiger partial charge in [-0.2, -0.15) is 5.10 Å². The van der Waals surface area contributed by atoms with E-state index >= 15 is 0 Å². The van der Waals surface area contributed by atoms with E-state index in [-0.39, 0.29) is 22.8 Å². The number of aromatic hydroxyl groups is 1. The summed E-state index contributed by atoms with van der Waals surface area (Å²) < 4.78 is 10.1. The zero-order valence-electron chi connectivity index (χ0n) is 12.6. The fourth-order valence-corrected chi connectivity index (χ4v) is 1.89. The third kappa shape index (κ3) is 3.91. The quantitative estimate of drug-likeness (QED) is 0.559. The molecule has 0 aliphatic heterocycles. The minimum Gasteiger partial charge on any atom is -0.502 e. The molecule has 0 unspecified atom stereocenters. The van der Waals surface area contributed by atoms with Crippen molar-refractivity contribution in [1.82, 2.24) is 0 Å². The molecule has 0 aliphatic carbocycles. The molecule has 0 spiro atoms. The lowest BCUT2D eigenvalue weighted by atomic mass is 10.2. The number of hydrogen-bond donors (Lipinski definition) is 3. The van der Waals surface area contributed by atoms with Gasteiger partial charge in [-0.3, -0.25) is 5.43 Å². The minimum atomic E-state index is -1.01. The summed E-state index contributed by atoms with van der Waals surface area (Å²) in [5, 5.41) is 22.8. The molecule has 2 aromatic rings. The summed E-state index contributed by atoms with van der Waals surface area (Å²) in [4.78, 5) is 10.9. The molecule has 2 aromatic carbocycles. The summed E-state index contributed by atoms with van der Waals surface area (Å²) >= 11 is 0. The van der Waals surface area contributed by atoms with Gasteiger partial charge in [-0.25, -0.2) is 4.79 Å². The van der Waals surface area contributed by atoms with Crippen LogP contribution in [0.5, 0.6) is 17.2 Å². The Morgan fingerprint density at radius 3 is 2.39 bits per heavy atom. The molecule has 0 fully saturated rings. The highest BCUT2D eigenvalue weighted by Gasteiger charge is 2.10. The summed E-state index contributed by atoms with van der Waals surface area (Å²) in [5.41, 5.74) is 4.08. The van der Waals surface area contributed by atoms with E-state index < -0.39 is 5.97 Å². The first kappa shape index (κ1) is 16.2. The van der Waals surface area contributed by atoms with Crippen LogP contribution in [0, 0.1) is 0 Å². The van der Waals surface area contributed by atoms with Crippen LogP contribution in [0.15, 0.2) is 41.5 Å². The molecule has 0 amide bonds. The van der Waals surface area contributed by atoms with E-state index in [0.717, 1.165) is 0 Å². The number of carboxylic acid groups (broad SMARTS) is 1. The number of phenols is 1. The highest BCUT2D eigenvalue weighted by Crippen LogP contribution is 2.36. The molecule has 0 radical (unpaired) electrons. The van der Waals surface area contributed by atoms with Gasteiger partial charge in [0.25, 0.3) is 0 Å². The van der Waals surface area contributed by atoms with Crippen LogP contribution in [0.3, 0.4) is 0 Å². The maximum absolute atomic E-state index is 10.9. The number of anilines is 1. The number of hydrazone groups is 1. The Morgan fingerprint density at radius 2 is 1.83 bits per heavy atom. The summed E-state index contributed by atoms with van der Waals surface area (Å²) in [7, 11) is 2.87. The third-order valence-corrected chi connectivity index (χ3v) is 3.02. The van der Waals surface area contributed by atoms with Crippen LogP contribution < -0.4 is 14.9 Å². The number of phenolic OH excluding ortho intramolecular Hbond substituents is 1. The molecule has 0 aromatic heterocycles. The van der Waals surface area contributed by atoms with Crippen LogP contribution in [0.2, 0.25) is 0 Å². The molecular formula is C16H16N2O5. The second kappa shape index (κ2) is 7.17. The predicted molar refractivity (Wildman–Crippen MR) is 85.8 cm³/mol. The standard InChI is InChI=1S/C16H16N2O5/c1-22-13-6-10(7-14(23-2)15(13)19)9-17-18-12-5-3-4-11(8-12)16(20)21/h3-9,18-19H,1-2H3,(H,20,21)/b17-9+. The number of hydrogen-bond acceptors (Lipinski definition) is 6. The number of carboxylic acids is 1. The van der Waals surface area contributed by atoms with E-state index in [1.165, 1.54) is 32.6 Å². The molecular weight excluding hydrogens is 300 g/mol. The van der Waals surface area contributed by atoms with Crippen LogP contribution >= 0.6 is 0 Å². The van der Waals surface area contributed by atoms with Crippen molar-refractivity contribution in [3.8, 4) is 17.2 Å². The number of methoxy groups -OCH3 is 2. The second-order valence-electron chi connectivity index (χ2n) is 4.53. The van der Waals surface area contributed by atoms with Crippen molar-refractivity contribution in [2.75, 3.05) is 19.6 Å². The van der Waals surface area contributed by atoms with Crippen molar-refractivity contribution in [2.24, 2.45) is 5.10 Å². The average molecular weight is 316 g/mol. The Morgan fingerprint density at radius 1 is 1.17 bits per heavy atom. The summed E-state index contributed by atoms with van der Waals surface area (Å²) in [5.74, 6) is -0.572. The molecule has 0 bridgehead atoms. The molecule has 0 atom stereocenters. The topological polar surface area (TPSA) is 100 Å². The van der Waals surface area contributed by atoms with Gasteiger partial charge in [0.15, 0.2) is 11.5 Å². The van der Waals surface area contributed by atoms with Gasteiger partial charge in [0.2, 0.25) is 5.75 Å². The fraction of sp³-hybridized carbons (Fsp3) is 0.125. The average Bonchev–Trinajstić information content (AvgIpc) is 2.56. The number of rotatable bonds is 6. The van der Waals surface area contributed by atoms with Crippen LogP contribution in [-0.4, -0.2) is 36.6 Å². The van der Waals surface area contributed by atoms with Gasteiger partial charge in [-0.05, 0) is 30.3 Å². The largest absolute Gasteiger partial charge is 0.502 e. The number of carbonyl (C=O) groups is 1. The van der Waals surface area contributed by atoms with E-state index in [1.54, 1.807) is 24.3 Å². The predicted octanol–water partition coefficient (Wildman–Crippen LogP) is 2.55. The lowest BCUT2D eigenvalue weighted by Crippen LogP contribution is -1.98. The summed E-state index contributed by atoms with van der Waals surface area (Å²) in [6.45, 7) is 0. The van der Waals surface area contributed by atoms with E-state index in [0.29, 0.717) is 11.3 Å². The van der Waals surface area contributed by atoms with Crippen LogP contribution in [0.4, 0.5) is 5.69 Å². The van der Waals surface area contributed by atoms with Crippen LogP contribution in [0.25, 0.3) is 0 Å². The Bertz CT molecular complexity index is 718. The van der Waals surface area contributed by atoms with Crippen molar-refractivity contribution in [2.45, 2.75) is 0 Å². The molecule has 7 heteroatoms. The zero-order valence-corrected chi connectivity index (χ0v) is 12.6. The summed E-state index contributed by atoms with van der Waals surface area (Å²) in [6, 6.07) is 9.47. The van der Waals surface area contributed by atoms with Crippen LogP contribution in [-0.2, 0) is 0 Å². The van der Waals surface area contributed by atoms with Gasteiger partial charge in [0.1, 0.15) is 0 Å². The maximum atomic E-state index is 10.9. The van der Waals surface area contributed by atoms with Crippen molar-refractivity contribution < 1.29 is 24.5 Å². The van der Waals surface area contributed by atoms with Gasteiger partial charge in [0, 0.05) is 5.56 Å². The van der Waals surface area contributed by atoms with Gasteiger partial charge in [0.05, 0.1) is 31.7 Å². The van der Waals surface area contributed by atoms with Gasteiger partial charge in [-0.1, -0.05) is 6.07 Å². The third-order valence-electron chi connectivity index (χ3n) is 3.02. The first-order valence-electron chi connectivity index (χ1n) is 6.62. The van der Waals surface area contributed by atoms with E-state index in [9.17, 15) is 9.90 Å². The second-order valence-corrected chi connectivity index (χ2v) is 4.53. The number of nitrogens with one attached hydrogen (secondary N) is 1. The van der Waals surface area contributed by atoms with E-state index in [2.05, 4.69) is 10.5 Å². The molecule has 0 saturated carbocycles. The zero-order chi connectivity index (χ0) is 16.8. The molecule has 2 rings (SSSR count). The Kier molecular flexibility index (Phi) is 5.03. The van der Waals surface area contributed by atoms with Crippen LogP contribution in [0.1, 0.15) is 15.9 Å². The highest BCUT2D eigenvalue weighted by molar-refractivity contribution is 5.89. The lowest BCUT2D eigenvalue weighted by Gasteiger charge is -2.09. The molecule has 3 N–H and O–H groups in total. The summed E-state index contributed by atoms with van der Waals surface area (Å²) in [6.07, 6.45) is 1.50. The van der Waals surface area contributed by atoms with Crippen molar-refractivity contribution in [1.29, 1.82) is 0 Å². The van der Waals surface area contributed by atoms with Crippen molar-refractivity contribution >= 4 is 17.9 Å². The number of nitrogens with zero attached hydrogens (tertiary/aromatic N) is 1. The van der Waals surface area contributed by atoms with Gasteiger partial charge < -0.3 is 19.7 Å².